The van der Waals surface area contributed by atoms with Gasteiger partial charge in [0.05, 0.1) is 17.7 Å². The number of hydrogen-bond acceptors (Lipinski definition) is 3. The number of nitriles is 1. The van der Waals surface area contributed by atoms with Crippen LogP contribution in [0.15, 0.2) is 24.3 Å². The van der Waals surface area contributed by atoms with Crippen LogP contribution in [0.2, 0.25) is 0 Å². The molecule has 1 N–H and O–H groups in total. The van der Waals surface area contributed by atoms with Gasteiger partial charge in [0.25, 0.3) is 0 Å². The SMILES string of the molecule is CC1CCC(N(C)CC(O)c2ccc(C#N)cc2)CC1. The lowest BCUT2D eigenvalue weighted by atomic mass is 9.86. The number of likely N-dealkylation sites (N-methyl/N-ethyl adjacent to an activating group) is 1. The molecule has 1 atom stereocenters. The average Bonchev–Trinajstić information content (AvgIpc) is 2.48. The quantitative estimate of drug-likeness (QED) is 0.916. The molecule has 1 saturated carbocycles. The number of aliphatic hydroxyl groups excluding tert-OH is 1. The molecule has 20 heavy (non-hydrogen) atoms. The predicted octanol–water partition coefficient (Wildman–Crippen LogP) is 3.10. The van der Waals surface area contributed by atoms with Crippen LogP contribution in [0.25, 0.3) is 0 Å². The van der Waals surface area contributed by atoms with Crippen LogP contribution in [0.3, 0.4) is 0 Å². The smallest absolute Gasteiger partial charge is 0.0991 e. The summed E-state index contributed by atoms with van der Waals surface area (Å²) in [6.45, 7) is 2.98. The minimum atomic E-state index is -0.480. The maximum absolute atomic E-state index is 10.3. The molecule has 1 aliphatic carbocycles. The molecule has 1 aliphatic rings. The molecule has 0 heterocycles. The fourth-order valence-corrected chi connectivity index (χ4v) is 2.99. The Morgan fingerprint density at radius 3 is 2.40 bits per heavy atom. The van der Waals surface area contributed by atoms with Crippen LogP contribution in [-0.2, 0) is 0 Å². The van der Waals surface area contributed by atoms with Crippen molar-refractivity contribution in [1.82, 2.24) is 4.90 Å². The van der Waals surface area contributed by atoms with Gasteiger partial charge in [-0.3, -0.25) is 0 Å². The molecule has 0 aromatic heterocycles. The Morgan fingerprint density at radius 1 is 1.25 bits per heavy atom. The molecule has 0 saturated heterocycles. The van der Waals surface area contributed by atoms with Crippen molar-refractivity contribution in [2.45, 2.75) is 44.8 Å². The Kier molecular flexibility index (Phi) is 5.17. The summed E-state index contributed by atoms with van der Waals surface area (Å²) in [6.07, 6.45) is 4.58. The van der Waals surface area contributed by atoms with Gasteiger partial charge >= 0.3 is 0 Å². The summed E-state index contributed by atoms with van der Waals surface area (Å²) in [4.78, 5) is 2.29. The lowest BCUT2D eigenvalue weighted by molar-refractivity contribution is 0.0857. The molecule has 0 amide bonds. The first-order valence-corrected chi connectivity index (χ1v) is 7.48. The van der Waals surface area contributed by atoms with Gasteiger partial charge in [-0.2, -0.15) is 5.26 Å². The zero-order valence-corrected chi connectivity index (χ0v) is 12.4. The standard InChI is InChI=1S/C17H24N2O/c1-13-3-9-16(10-4-13)19(2)12-17(20)15-7-5-14(11-18)6-8-15/h5-8,13,16-17,20H,3-4,9-10,12H2,1-2H3. The van der Waals surface area contributed by atoms with Crippen LogP contribution in [0.1, 0.15) is 49.8 Å². The third-order valence-electron chi connectivity index (χ3n) is 4.49. The molecule has 3 nitrogen and oxygen atoms in total. The highest BCUT2D eigenvalue weighted by Gasteiger charge is 2.23. The zero-order valence-electron chi connectivity index (χ0n) is 12.4. The number of benzene rings is 1. The van der Waals surface area contributed by atoms with Gasteiger partial charge < -0.3 is 10.0 Å². The van der Waals surface area contributed by atoms with Crippen LogP contribution >= 0.6 is 0 Å². The van der Waals surface area contributed by atoms with Crippen molar-refractivity contribution in [3.63, 3.8) is 0 Å². The van der Waals surface area contributed by atoms with Crippen LogP contribution < -0.4 is 0 Å². The van der Waals surface area contributed by atoms with Gasteiger partial charge in [-0.15, -0.1) is 0 Å². The van der Waals surface area contributed by atoms with Crippen molar-refractivity contribution in [1.29, 1.82) is 5.26 Å². The molecule has 1 aromatic carbocycles. The van der Waals surface area contributed by atoms with Crippen molar-refractivity contribution in [2.24, 2.45) is 5.92 Å². The fraction of sp³-hybridized carbons (Fsp3) is 0.588. The Balaban J connectivity index is 1.89. The molecule has 0 radical (unpaired) electrons. The van der Waals surface area contributed by atoms with Gasteiger partial charge in [0, 0.05) is 12.6 Å². The largest absolute Gasteiger partial charge is 0.387 e. The van der Waals surface area contributed by atoms with Crippen LogP contribution in [0, 0.1) is 17.2 Å². The summed E-state index contributed by atoms with van der Waals surface area (Å²) in [5, 5.41) is 19.1. The number of hydrogen-bond donors (Lipinski definition) is 1. The third kappa shape index (κ3) is 3.82. The second-order valence-corrected chi connectivity index (χ2v) is 6.10. The van der Waals surface area contributed by atoms with Gasteiger partial charge in [-0.05, 0) is 56.3 Å². The van der Waals surface area contributed by atoms with Crippen molar-refractivity contribution in [3.05, 3.63) is 35.4 Å². The molecule has 108 valence electrons. The van der Waals surface area contributed by atoms with Crippen molar-refractivity contribution in [2.75, 3.05) is 13.6 Å². The average molecular weight is 272 g/mol. The van der Waals surface area contributed by atoms with E-state index < -0.39 is 6.10 Å². The summed E-state index contributed by atoms with van der Waals surface area (Å²) >= 11 is 0. The maximum atomic E-state index is 10.3. The Labute approximate surface area is 121 Å². The molecular weight excluding hydrogens is 248 g/mol. The first kappa shape index (κ1) is 15.0. The van der Waals surface area contributed by atoms with Gasteiger partial charge in [-0.25, -0.2) is 0 Å². The van der Waals surface area contributed by atoms with Crippen molar-refractivity contribution in [3.8, 4) is 6.07 Å². The van der Waals surface area contributed by atoms with Gasteiger partial charge in [0.15, 0.2) is 0 Å². The molecule has 0 aliphatic heterocycles. The number of rotatable bonds is 4. The monoisotopic (exact) mass is 272 g/mol. The van der Waals surface area contributed by atoms with Crippen LogP contribution in [0.4, 0.5) is 0 Å². The Hall–Kier alpha value is -1.37. The number of nitrogens with zero attached hydrogens (tertiary/aromatic N) is 2. The third-order valence-corrected chi connectivity index (χ3v) is 4.49. The van der Waals surface area contributed by atoms with E-state index in [9.17, 15) is 5.11 Å². The lowest BCUT2D eigenvalue weighted by Crippen LogP contribution is -2.37. The zero-order chi connectivity index (χ0) is 14.5. The Bertz CT molecular complexity index is 455. The van der Waals surface area contributed by atoms with Crippen molar-refractivity contribution < 1.29 is 5.11 Å². The fourth-order valence-electron chi connectivity index (χ4n) is 2.99. The molecule has 1 aromatic rings. The molecular formula is C17H24N2O. The summed E-state index contributed by atoms with van der Waals surface area (Å²) < 4.78 is 0. The highest BCUT2D eigenvalue weighted by atomic mass is 16.3. The van der Waals surface area contributed by atoms with E-state index in [1.54, 1.807) is 12.1 Å². The van der Waals surface area contributed by atoms with Crippen molar-refractivity contribution >= 4 is 0 Å². The maximum Gasteiger partial charge on any atom is 0.0991 e. The second-order valence-electron chi connectivity index (χ2n) is 6.10. The summed E-state index contributed by atoms with van der Waals surface area (Å²) in [5.41, 5.74) is 1.52. The van der Waals surface area contributed by atoms with E-state index in [-0.39, 0.29) is 0 Å². The molecule has 0 bridgehead atoms. The molecule has 3 heteroatoms. The second kappa shape index (κ2) is 6.88. The molecule has 2 rings (SSSR count). The highest BCUT2D eigenvalue weighted by molar-refractivity contribution is 5.32. The summed E-state index contributed by atoms with van der Waals surface area (Å²) in [7, 11) is 2.10. The first-order chi connectivity index (χ1) is 9.60. The molecule has 1 unspecified atom stereocenters. The molecule has 1 fully saturated rings. The van der Waals surface area contributed by atoms with E-state index in [0.717, 1.165) is 11.5 Å². The highest BCUT2D eigenvalue weighted by Crippen LogP contribution is 2.27. The van der Waals surface area contributed by atoms with Gasteiger partial charge in [0.1, 0.15) is 0 Å². The number of aliphatic hydroxyl groups is 1. The van der Waals surface area contributed by atoms with Crippen LogP contribution in [-0.4, -0.2) is 29.6 Å². The van der Waals surface area contributed by atoms with E-state index in [4.69, 9.17) is 5.26 Å². The minimum absolute atomic E-state index is 0.480. The summed E-state index contributed by atoms with van der Waals surface area (Å²) in [6, 6.07) is 9.92. The minimum Gasteiger partial charge on any atom is -0.387 e. The van der Waals surface area contributed by atoms with Crippen LogP contribution in [0.5, 0.6) is 0 Å². The van der Waals surface area contributed by atoms with E-state index >= 15 is 0 Å². The van der Waals surface area contributed by atoms with E-state index in [0.29, 0.717) is 18.2 Å². The topological polar surface area (TPSA) is 47.3 Å². The van der Waals surface area contributed by atoms with Gasteiger partial charge in [-0.1, -0.05) is 19.1 Å². The normalized spacial score (nSPS) is 24.4. The van der Waals surface area contributed by atoms with Gasteiger partial charge in [0.2, 0.25) is 0 Å². The molecule has 0 spiro atoms. The Morgan fingerprint density at radius 2 is 1.85 bits per heavy atom. The first-order valence-electron chi connectivity index (χ1n) is 7.48. The lowest BCUT2D eigenvalue weighted by Gasteiger charge is -2.34. The van der Waals surface area contributed by atoms with E-state index in [2.05, 4.69) is 24.9 Å². The summed E-state index contributed by atoms with van der Waals surface area (Å²) in [5.74, 6) is 0.850. The van der Waals surface area contributed by atoms with E-state index in [1.165, 1.54) is 25.7 Å². The predicted molar refractivity (Wildman–Crippen MR) is 80.2 cm³/mol. The van der Waals surface area contributed by atoms with E-state index in [1.807, 2.05) is 12.1 Å².